The molecule has 1 aromatic carbocycles. The molecule has 6 heteroatoms. The largest absolute Gasteiger partial charge is 0.351 e. The van der Waals surface area contributed by atoms with Crippen LogP contribution in [0, 0.1) is 18.2 Å². The standard InChI is InChI=1S/C17H24FN3O.ClH/c1-13-2-3-14(8-15(13)18)9-20-16(22)10-21-7-5-17(12-21)4-6-19-11-17;/h2-3,8,19H,4-7,9-12H2,1H3,(H,20,22);1H. The minimum Gasteiger partial charge on any atom is -0.351 e. The summed E-state index contributed by atoms with van der Waals surface area (Å²) in [6.07, 6.45) is 2.39. The zero-order valence-corrected chi connectivity index (χ0v) is 14.3. The molecule has 1 amide bonds. The van der Waals surface area contributed by atoms with E-state index >= 15 is 0 Å². The van der Waals surface area contributed by atoms with E-state index in [-0.39, 0.29) is 24.1 Å². The van der Waals surface area contributed by atoms with Crippen molar-refractivity contribution < 1.29 is 9.18 Å². The van der Waals surface area contributed by atoms with Gasteiger partial charge in [-0.25, -0.2) is 4.39 Å². The first kappa shape index (κ1) is 18.2. The number of benzene rings is 1. The fourth-order valence-electron chi connectivity index (χ4n) is 3.51. The fourth-order valence-corrected chi connectivity index (χ4v) is 3.51. The van der Waals surface area contributed by atoms with Gasteiger partial charge >= 0.3 is 0 Å². The Labute approximate surface area is 143 Å². The Morgan fingerprint density at radius 3 is 2.96 bits per heavy atom. The zero-order chi connectivity index (χ0) is 15.6. The van der Waals surface area contributed by atoms with Gasteiger partial charge in [0.2, 0.25) is 5.91 Å². The van der Waals surface area contributed by atoms with Crippen molar-refractivity contribution >= 4 is 18.3 Å². The van der Waals surface area contributed by atoms with Crippen LogP contribution in [-0.2, 0) is 11.3 Å². The van der Waals surface area contributed by atoms with E-state index in [4.69, 9.17) is 0 Å². The van der Waals surface area contributed by atoms with Gasteiger partial charge < -0.3 is 10.6 Å². The molecule has 0 bridgehead atoms. The first-order chi connectivity index (χ1) is 10.6. The van der Waals surface area contributed by atoms with Gasteiger partial charge in [0.05, 0.1) is 6.54 Å². The van der Waals surface area contributed by atoms with Crippen molar-refractivity contribution in [2.24, 2.45) is 5.41 Å². The van der Waals surface area contributed by atoms with Gasteiger partial charge in [-0.2, -0.15) is 0 Å². The fraction of sp³-hybridized carbons (Fsp3) is 0.588. The third-order valence-corrected chi connectivity index (χ3v) is 4.94. The van der Waals surface area contributed by atoms with Gasteiger partial charge in [-0.3, -0.25) is 9.69 Å². The first-order valence-corrected chi connectivity index (χ1v) is 8.01. The van der Waals surface area contributed by atoms with Gasteiger partial charge in [-0.05, 0) is 55.5 Å². The second-order valence-electron chi connectivity index (χ2n) is 6.75. The average molecular weight is 342 g/mol. The lowest BCUT2D eigenvalue weighted by atomic mass is 9.87. The molecular weight excluding hydrogens is 317 g/mol. The molecule has 2 heterocycles. The second-order valence-corrected chi connectivity index (χ2v) is 6.75. The Hall–Kier alpha value is -1.17. The number of carbonyl (C=O) groups is 1. The van der Waals surface area contributed by atoms with Crippen molar-refractivity contribution in [1.29, 1.82) is 0 Å². The van der Waals surface area contributed by atoms with Crippen LogP contribution in [0.5, 0.6) is 0 Å². The van der Waals surface area contributed by atoms with Crippen molar-refractivity contribution in [2.45, 2.75) is 26.3 Å². The van der Waals surface area contributed by atoms with Crippen LogP contribution in [0.4, 0.5) is 4.39 Å². The molecule has 1 atom stereocenters. The molecule has 2 N–H and O–H groups in total. The van der Waals surface area contributed by atoms with Crippen LogP contribution in [0.25, 0.3) is 0 Å². The molecule has 4 nitrogen and oxygen atoms in total. The van der Waals surface area contributed by atoms with Gasteiger partial charge in [0.15, 0.2) is 0 Å². The van der Waals surface area contributed by atoms with E-state index in [0.717, 1.165) is 31.7 Å². The lowest BCUT2D eigenvalue weighted by Gasteiger charge is -2.22. The van der Waals surface area contributed by atoms with E-state index in [2.05, 4.69) is 15.5 Å². The van der Waals surface area contributed by atoms with E-state index in [1.54, 1.807) is 13.0 Å². The molecule has 3 rings (SSSR count). The summed E-state index contributed by atoms with van der Waals surface area (Å²) in [5, 5.41) is 6.31. The summed E-state index contributed by atoms with van der Waals surface area (Å²) in [4.78, 5) is 14.3. The molecule has 2 fully saturated rings. The minimum atomic E-state index is -0.220. The van der Waals surface area contributed by atoms with Crippen LogP contribution < -0.4 is 10.6 Å². The first-order valence-electron chi connectivity index (χ1n) is 8.01. The van der Waals surface area contributed by atoms with Crippen LogP contribution in [0.15, 0.2) is 18.2 Å². The van der Waals surface area contributed by atoms with E-state index in [0.29, 0.717) is 24.1 Å². The number of hydrogen-bond acceptors (Lipinski definition) is 3. The normalized spacial score (nSPS) is 23.9. The summed E-state index contributed by atoms with van der Waals surface area (Å²) in [6.45, 7) is 6.74. The van der Waals surface area contributed by atoms with Crippen molar-refractivity contribution in [1.82, 2.24) is 15.5 Å². The molecule has 0 radical (unpaired) electrons. The van der Waals surface area contributed by atoms with Crippen LogP contribution in [-0.4, -0.2) is 43.5 Å². The molecule has 128 valence electrons. The molecule has 0 aliphatic carbocycles. The van der Waals surface area contributed by atoms with Gasteiger partial charge in [0, 0.05) is 19.6 Å². The molecule has 2 aliphatic rings. The van der Waals surface area contributed by atoms with E-state index in [9.17, 15) is 9.18 Å². The van der Waals surface area contributed by atoms with Crippen molar-refractivity contribution in [3.8, 4) is 0 Å². The monoisotopic (exact) mass is 341 g/mol. The predicted octanol–water partition coefficient (Wildman–Crippen LogP) is 1.86. The van der Waals surface area contributed by atoms with Crippen LogP contribution in [0.3, 0.4) is 0 Å². The van der Waals surface area contributed by atoms with Crippen LogP contribution >= 0.6 is 12.4 Å². The van der Waals surface area contributed by atoms with Crippen molar-refractivity contribution in [3.05, 3.63) is 35.1 Å². The number of rotatable bonds is 4. The summed E-state index contributed by atoms with van der Waals surface area (Å²) in [5.74, 6) is -0.203. The quantitative estimate of drug-likeness (QED) is 0.878. The van der Waals surface area contributed by atoms with Gasteiger partial charge in [0.25, 0.3) is 0 Å². The van der Waals surface area contributed by atoms with E-state index < -0.39 is 0 Å². The number of nitrogens with one attached hydrogen (secondary N) is 2. The number of carbonyl (C=O) groups excluding carboxylic acids is 1. The second kappa shape index (κ2) is 7.60. The van der Waals surface area contributed by atoms with E-state index in [1.807, 2.05) is 6.07 Å². The number of hydrogen-bond donors (Lipinski definition) is 2. The SMILES string of the molecule is Cc1ccc(CNC(=O)CN2CCC3(CCNC3)C2)cc1F.Cl. The number of likely N-dealkylation sites (tertiary alicyclic amines) is 1. The Morgan fingerprint density at radius 1 is 1.43 bits per heavy atom. The highest BCUT2D eigenvalue weighted by Gasteiger charge is 2.40. The van der Waals surface area contributed by atoms with Crippen LogP contribution in [0.1, 0.15) is 24.0 Å². The Kier molecular flexibility index (Phi) is 6.00. The molecule has 23 heavy (non-hydrogen) atoms. The van der Waals surface area contributed by atoms with Crippen LogP contribution in [0.2, 0.25) is 0 Å². The number of nitrogens with zero attached hydrogens (tertiary/aromatic N) is 1. The predicted molar refractivity (Wildman–Crippen MR) is 91.2 cm³/mol. The summed E-state index contributed by atoms with van der Waals surface area (Å²) in [7, 11) is 0. The number of halogens is 2. The highest BCUT2D eigenvalue weighted by molar-refractivity contribution is 5.85. The topological polar surface area (TPSA) is 44.4 Å². The van der Waals surface area contributed by atoms with Gasteiger partial charge in [0.1, 0.15) is 5.82 Å². The molecule has 2 saturated heterocycles. The third kappa shape index (κ3) is 4.43. The molecule has 2 aliphatic heterocycles. The summed E-state index contributed by atoms with van der Waals surface area (Å²) in [5.41, 5.74) is 1.82. The Bertz CT molecular complexity index is 561. The molecule has 1 spiro atoms. The van der Waals surface area contributed by atoms with Gasteiger partial charge in [-0.1, -0.05) is 12.1 Å². The summed E-state index contributed by atoms with van der Waals surface area (Å²) >= 11 is 0. The Balaban J connectivity index is 0.00000192. The maximum Gasteiger partial charge on any atom is 0.234 e. The summed E-state index contributed by atoms with van der Waals surface area (Å²) in [6, 6.07) is 5.09. The smallest absolute Gasteiger partial charge is 0.234 e. The molecule has 0 aromatic heterocycles. The lowest BCUT2D eigenvalue weighted by Crippen LogP contribution is -2.37. The minimum absolute atomic E-state index is 0. The zero-order valence-electron chi connectivity index (χ0n) is 13.5. The highest BCUT2D eigenvalue weighted by atomic mass is 35.5. The molecule has 1 aromatic rings. The van der Waals surface area contributed by atoms with Crippen molar-refractivity contribution in [3.63, 3.8) is 0 Å². The molecule has 1 unspecified atom stereocenters. The molecular formula is C17H25ClFN3O. The maximum absolute atomic E-state index is 13.5. The third-order valence-electron chi connectivity index (χ3n) is 4.94. The van der Waals surface area contributed by atoms with E-state index in [1.165, 1.54) is 18.9 Å². The Morgan fingerprint density at radius 2 is 2.26 bits per heavy atom. The van der Waals surface area contributed by atoms with Crippen molar-refractivity contribution in [2.75, 3.05) is 32.7 Å². The highest BCUT2D eigenvalue weighted by Crippen LogP contribution is 2.35. The lowest BCUT2D eigenvalue weighted by molar-refractivity contribution is -0.122. The summed E-state index contributed by atoms with van der Waals surface area (Å²) < 4.78 is 13.5. The number of amides is 1. The van der Waals surface area contributed by atoms with Gasteiger partial charge in [-0.15, -0.1) is 12.4 Å². The number of aryl methyl sites for hydroxylation is 1. The average Bonchev–Trinajstić information content (AvgIpc) is 3.11. The maximum atomic E-state index is 13.5. The molecule has 0 saturated carbocycles.